The van der Waals surface area contributed by atoms with Crippen LogP contribution < -0.4 is 10.2 Å². The molecule has 114 valence electrons. The second-order valence-electron chi connectivity index (χ2n) is 4.99. The first-order valence-corrected chi connectivity index (χ1v) is 7.59. The van der Waals surface area contributed by atoms with E-state index < -0.39 is 0 Å². The number of rotatable bonds is 6. The summed E-state index contributed by atoms with van der Waals surface area (Å²) in [6.07, 6.45) is 1.67. The Hall–Kier alpha value is -2.56. The van der Waals surface area contributed by atoms with Crippen molar-refractivity contribution in [3.63, 3.8) is 0 Å². The number of benzene rings is 1. The molecule has 0 saturated heterocycles. The molecule has 2 aromatic heterocycles. The predicted octanol–water partition coefficient (Wildman–Crippen LogP) is 3.68. The largest absolute Gasteiger partial charge is 0.467 e. The van der Waals surface area contributed by atoms with E-state index in [0.717, 1.165) is 35.6 Å². The summed E-state index contributed by atoms with van der Waals surface area (Å²) in [4.78, 5) is 11.5. The van der Waals surface area contributed by atoms with Gasteiger partial charge in [0.15, 0.2) is 0 Å². The lowest BCUT2D eigenvalue weighted by Crippen LogP contribution is -2.24. The molecule has 0 atom stereocenters. The van der Waals surface area contributed by atoms with Gasteiger partial charge in [0.2, 0.25) is 5.95 Å². The smallest absolute Gasteiger partial charge is 0.225 e. The highest BCUT2D eigenvalue weighted by molar-refractivity contribution is 5.90. The molecular weight excluding hydrogens is 276 g/mol. The Labute approximate surface area is 130 Å². The zero-order valence-electron chi connectivity index (χ0n) is 12.9. The second kappa shape index (κ2) is 6.47. The molecule has 0 unspecified atom stereocenters. The molecule has 2 heterocycles. The first-order valence-electron chi connectivity index (χ1n) is 7.59. The summed E-state index contributed by atoms with van der Waals surface area (Å²) in [7, 11) is 0. The molecule has 0 spiro atoms. The van der Waals surface area contributed by atoms with Crippen molar-refractivity contribution in [2.45, 2.75) is 20.4 Å². The van der Waals surface area contributed by atoms with E-state index in [1.807, 2.05) is 30.3 Å². The van der Waals surface area contributed by atoms with Crippen LogP contribution in [-0.4, -0.2) is 23.1 Å². The molecular formula is C17H20N4O. The third-order valence-corrected chi connectivity index (χ3v) is 3.65. The average Bonchev–Trinajstić information content (AvgIpc) is 3.07. The van der Waals surface area contributed by atoms with Crippen LogP contribution in [0.3, 0.4) is 0 Å². The van der Waals surface area contributed by atoms with Crippen molar-refractivity contribution in [1.29, 1.82) is 0 Å². The summed E-state index contributed by atoms with van der Waals surface area (Å²) >= 11 is 0. The van der Waals surface area contributed by atoms with Crippen molar-refractivity contribution in [2.24, 2.45) is 0 Å². The maximum Gasteiger partial charge on any atom is 0.225 e. The lowest BCUT2D eigenvalue weighted by atomic mass is 10.2. The van der Waals surface area contributed by atoms with Gasteiger partial charge in [0, 0.05) is 18.5 Å². The third-order valence-electron chi connectivity index (χ3n) is 3.65. The van der Waals surface area contributed by atoms with Gasteiger partial charge < -0.3 is 14.6 Å². The van der Waals surface area contributed by atoms with Crippen LogP contribution in [0.4, 0.5) is 11.8 Å². The van der Waals surface area contributed by atoms with Crippen LogP contribution in [0.15, 0.2) is 47.1 Å². The van der Waals surface area contributed by atoms with E-state index >= 15 is 0 Å². The molecule has 22 heavy (non-hydrogen) atoms. The minimum Gasteiger partial charge on any atom is -0.467 e. The van der Waals surface area contributed by atoms with E-state index in [2.05, 4.69) is 35.1 Å². The molecule has 1 N–H and O–H groups in total. The van der Waals surface area contributed by atoms with Gasteiger partial charge in [-0.1, -0.05) is 12.1 Å². The van der Waals surface area contributed by atoms with Crippen LogP contribution in [0.25, 0.3) is 10.9 Å². The minimum atomic E-state index is 0.572. The van der Waals surface area contributed by atoms with E-state index in [4.69, 9.17) is 9.40 Å². The fourth-order valence-electron chi connectivity index (χ4n) is 2.48. The van der Waals surface area contributed by atoms with Crippen molar-refractivity contribution in [1.82, 2.24) is 9.97 Å². The monoisotopic (exact) mass is 296 g/mol. The van der Waals surface area contributed by atoms with E-state index in [0.29, 0.717) is 12.5 Å². The van der Waals surface area contributed by atoms with Gasteiger partial charge in [0.1, 0.15) is 11.6 Å². The van der Waals surface area contributed by atoms with E-state index in [1.54, 1.807) is 6.26 Å². The van der Waals surface area contributed by atoms with E-state index in [9.17, 15) is 0 Å². The van der Waals surface area contributed by atoms with Gasteiger partial charge in [-0.3, -0.25) is 0 Å². The van der Waals surface area contributed by atoms with Gasteiger partial charge in [-0.2, -0.15) is 4.98 Å². The summed E-state index contributed by atoms with van der Waals surface area (Å²) in [5.41, 5.74) is 0.946. The maximum atomic E-state index is 5.33. The first-order chi connectivity index (χ1) is 10.8. The Bertz CT molecular complexity index is 736. The number of nitrogens with one attached hydrogen (secondary N) is 1. The molecule has 0 radical (unpaired) electrons. The highest BCUT2D eigenvalue weighted by Crippen LogP contribution is 2.25. The van der Waals surface area contributed by atoms with Crippen LogP contribution in [0.1, 0.15) is 19.6 Å². The van der Waals surface area contributed by atoms with Crippen molar-refractivity contribution in [3.8, 4) is 0 Å². The van der Waals surface area contributed by atoms with Crippen LogP contribution in [0, 0.1) is 0 Å². The summed E-state index contributed by atoms with van der Waals surface area (Å²) in [5.74, 6) is 2.45. The average molecular weight is 296 g/mol. The Morgan fingerprint density at radius 2 is 1.86 bits per heavy atom. The van der Waals surface area contributed by atoms with Crippen molar-refractivity contribution in [2.75, 3.05) is 23.3 Å². The fraction of sp³-hybridized carbons (Fsp3) is 0.294. The number of furan rings is 1. The standard InChI is InChI=1S/C17H20N4O/c1-3-21(4-2)16-14-9-5-6-10-15(14)19-17(20-16)18-12-13-8-7-11-22-13/h5-11H,3-4,12H2,1-2H3,(H,18,19,20). The summed E-state index contributed by atoms with van der Waals surface area (Å²) in [6.45, 7) is 6.67. The first kappa shape index (κ1) is 14.4. The molecule has 3 rings (SSSR count). The number of para-hydroxylation sites is 1. The molecule has 1 aromatic carbocycles. The number of anilines is 2. The second-order valence-corrected chi connectivity index (χ2v) is 4.99. The van der Waals surface area contributed by atoms with Crippen LogP contribution in [0.5, 0.6) is 0 Å². The summed E-state index contributed by atoms with van der Waals surface area (Å²) in [5, 5.41) is 4.32. The highest BCUT2D eigenvalue weighted by atomic mass is 16.3. The molecule has 5 nitrogen and oxygen atoms in total. The lowest BCUT2D eigenvalue weighted by Gasteiger charge is -2.22. The maximum absolute atomic E-state index is 5.33. The Kier molecular flexibility index (Phi) is 4.23. The molecule has 0 aliphatic rings. The molecule has 3 aromatic rings. The van der Waals surface area contributed by atoms with Crippen LogP contribution in [0.2, 0.25) is 0 Å². The van der Waals surface area contributed by atoms with Crippen LogP contribution >= 0.6 is 0 Å². The zero-order chi connectivity index (χ0) is 15.4. The van der Waals surface area contributed by atoms with Gasteiger partial charge in [-0.05, 0) is 38.1 Å². The van der Waals surface area contributed by atoms with Crippen molar-refractivity contribution in [3.05, 3.63) is 48.4 Å². The predicted molar refractivity (Wildman–Crippen MR) is 89.1 cm³/mol. The van der Waals surface area contributed by atoms with E-state index in [-0.39, 0.29) is 0 Å². The summed E-state index contributed by atoms with van der Waals surface area (Å²) < 4.78 is 5.33. The lowest BCUT2D eigenvalue weighted by molar-refractivity contribution is 0.517. The number of hydrogen-bond donors (Lipinski definition) is 1. The van der Waals surface area contributed by atoms with Gasteiger partial charge >= 0.3 is 0 Å². The van der Waals surface area contributed by atoms with Gasteiger partial charge in [-0.25, -0.2) is 4.98 Å². The zero-order valence-corrected chi connectivity index (χ0v) is 12.9. The molecule has 0 fully saturated rings. The Morgan fingerprint density at radius 3 is 2.59 bits per heavy atom. The normalized spacial score (nSPS) is 10.8. The molecule has 0 saturated carbocycles. The van der Waals surface area contributed by atoms with Crippen LogP contribution in [-0.2, 0) is 6.54 Å². The Morgan fingerprint density at radius 1 is 1.05 bits per heavy atom. The quantitative estimate of drug-likeness (QED) is 0.752. The fourth-order valence-corrected chi connectivity index (χ4v) is 2.48. The molecule has 5 heteroatoms. The van der Waals surface area contributed by atoms with Gasteiger partial charge in [-0.15, -0.1) is 0 Å². The van der Waals surface area contributed by atoms with Gasteiger partial charge in [0.25, 0.3) is 0 Å². The number of nitrogens with zero attached hydrogens (tertiary/aromatic N) is 3. The summed E-state index contributed by atoms with van der Waals surface area (Å²) in [6, 6.07) is 11.9. The topological polar surface area (TPSA) is 54.2 Å². The third kappa shape index (κ3) is 2.88. The number of fused-ring (bicyclic) bond motifs is 1. The minimum absolute atomic E-state index is 0.572. The number of hydrogen-bond acceptors (Lipinski definition) is 5. The van der Waals surface area contributed by atoms with Gasteiger partial charge in [0.05, 0.1) is 18.3 Å². The van der Waals surface area contributed by atoms with Crippen molar-refractivity contribution >= 4 is 22.7 Å². The van der Waals surface area contributed by atoms with E-state index in [1.165, 1.54) is 0 Å². The molecule has 0 bridgehead atoms. The Balaban J connectivity index is 1.96. The molecule has 0 aliphatic carbocycles. The SMILES string of the molecule is CCN(CC)c1nc(NCc2ccco2)nc2ccccc12. The molecule has 0 aliphatic heterocycles. The highest BCUT2D eigenvalue weighted by Gasteiger charge is 2.12. The number of aromatic nitrogens is 2. The molecule has 0 amide bonds. The van der Waals surface area contributed by atoms with Crippen molar-refractivity contribution < 1.29 is 4.42 Å².